The maximum Gasteiger partial charge on any atom is 0.196 e. The van der Waals surface area contributed by atoms with Crippen LogP contribution in [0.3, 0.4) is 0 Å². The first-order valence-corrected chi connectivity index (χ1v) is 12.3. The third-order valence-corrected chi connectivity index (χ3v) is 7.07. The SMILES string of the molecule is O=C1c2ccccc2C(=O)c2c1c(-c1ccccc1)n(-c1ccc(Br)cc1)c2-c1ccc(Cl)cc1. The molecule has 0 fully saturated rings. The number of carbonyl (C=O) groups excluding carboxylic acids is 2. The minimum atomic E-state index is -0.159. The number of fused-ring (bicyclic) bond motifs is 2. The van der Waals surface area contributed by atoms with Crippen molar-refractivity contribution in [3.8, 4) is 28.2 Å². The molecule has 6 rings (SSSR count). The topological polar surface area (TPSA) is 39.1 Å². The maximum atomic E-state index is 14.0. The highest BCUT2D eigenvalue weighted by Crippen LogP contribution is 2.44. The summed E-state index contributed by atoms with van der Waals surface area (Å²) in [5.41, 5.74) is 5.56. The largest absolute Gasteiger partial charge is 0.308 e. The fourth-order valence-corrected chi connectivity index (χ4v) is 5.15. The Bertz CT molecular complexity index is 1620. The van der Waals surface area contributed by atoms with Crippen molar-refractivity contribution in [1.29, 1.82) is 0 Å². The zero-order valence-electron chi connectivity index (χ0n) is 18.3. The number of aromatic nitrogens is 1. The van der Waals surface area contributed by atoms with Gasteiger partial charge in [-0.25, -0.2) is 0 Å². The molecular weight excluding hydrogens is 522 g/mol. The summed E-state index contributed by atoms with van der Waals surface area (Å²) in [6.45, 7) is 0. The summed E-state index contributed by atoms with van der Waals surface area (Å²) in [5.74, 6) is -0.312. The van der Waals surface area contributed by atoms with E-state index in [0.29, 0.717) is 38.7 Å². The van der Waals surface area contributed by atoms with E-state index in [1.165, 1.54) is 0 Å². The van der Waals surface area contributed by atoms with Gasteiger partial charge in [0.05, 0.1) is 22.5 Å². The second-order valence-electron chi connectivity index (χ2n) is 8.34. The van der Waals surface area contributed by atoms with Crippen molar-refractivity contribution in [3.63, 3.8) is 0 Å². The Labute approximate surface area is 215 Å². The molecule has 0 N–H and O–H groups in total. The van der Waals surface area contributed by atoms with E-state index in [4.69, 9.17) is 11.6 Å². The van der Waals surface area contributed by atoms with Crippen molar-refractivity contribution in [2.75, 3.05) is 0 Å². The highest BCUT2D eigenvalue weighted by molar-refractivity contribution is 9.10. The molecule has 5 heteroatoms. The van der Waals surface area contributed by atoms with Crippen LogP contribution < -0.4 is 0 Å². The Balaban J connectivity index is 1.80. The van der Waals surface area contributed by atoms with Gasteiger partial charge in [0.15, 0.2) is 11.6 Å². The molecule has 0 radical (unpaired) electrons. The van der Waals surface area contributed by atoms with E-state index in [-0.39, 0.29) is 11.6 Å². The molecule has 0 saturated heterocycles. The van der Waals surface area contributed by atoms with Gasteiger partial charge >= 0.3 is 0 Å². The number of hydrogen-bond donors (Lipinski definition) is 0. The highest BCUT2D eigenvalue weighted by atomic mass is 79.9. The molecule has 0 aliphatic heterocycles. The second-order valence-corrected chi connectivity index (χ2v) is 9.69. The normalized spacial score (nSPS) is 12.4. The fourth-order valence-electron chi connectivity index (χ4n) is 4.76. The van der Waals surface area contributed by atoms with Gasteiger partial charge in [0, 0.05) is 26.3 Å². The molecule has 1 aliphatic rings. The van der Waals surface area contributed by atoms with Gasteiger partial charge in [0.2, 0.25) is 0 Å². The van der Waals surface area contributed by atoms with Gasteiger partial charge in [-0.3, -0.25) is 9.59 Å². The third-order valence-electron chi connectivity index (χ3n) is 6.29. The smallest absolute Gasteiger partial charge is 0.196 e. The molecule has 0 atom stereocenters. The zero-order valence-corrected chi connectivity index (χ0v) is 20.7. The lowest BCUT2D eigenvalue weighted by atomic mass is 9.83. The first kappa shape index (κ1) is 21.8. The molecule has 5 aromatic rings. The number of nitrogens with zero attached hydrogens (tertiary/aromatic N) is 1. The minimum Gasteiger partial charge on any atom is -0.308 e. The van der Waals surface area contributed by atoms with Crippen LogP contribution in [0.4, 0.5) is 0 Å². The zero-order chi connectivity index (χ0) is 24.1. The van der Waals surface area contributed by atoms with Crippen LogP contribution in [0.15, 0.2) is 108 Å². The maximum absolute atomic E-state index is 14.0. The average molecular weight is 539 g/mol. The summed E-state index contributed by atoms with van der Waals surface area (Å²) in [4.78, 5) is 28.0. The van der Waals surface area contributed by atoms with E-state index in [0.717, 1.165) is 21.3 Å². The van der Waals surface area contributed by atoms with Crippen LogP contribution in [0.25, 0.3) is 28.2 Å². The first-order chi connectivity index (χ1) is 17.0. The first-order valence-electron chi connectivity index (χ1n) is 11.1. The summed E-state index contributed by atoms with van der Waals surface area (Å²) >= 11 is 9.72. The van der Waals surface area contributed by atoms with Crippen LogP contribution in [0, 0.1) is 0 Å². The van der Waals surface area contributed by atoms with Gasteiger partial charge in [-0.2, -0.15) is 0 Å². The Morgan fingerprint density at radius 2 is 1.06 bits per heavy atom. The van der Waals surface area contributed by atoms with E-state index >= 15 is 0 Å². The second kappa shape index (κ2) is 8.49. The monoisotopic (exact) mass is 537 g/mol. The number of ketones is 2. The Kier molecular flexibility index (Phi) is 5.28. The Morgan fingerprint density at radius 1 is 0.571 bits per heavy atom. The number of carbonyl (C=O) groups is 2. The molecule has 3 nitrogen and oxygen atoms in total. The van der Waals surface area contributed by atoms with Gasteiger partial charge < -0.3 is 4.57 Å². The molecule has 168 valence electrons. The standard InChI is InChI=1S/C30H17BrClNO2/c31-20-12-16-22(17-13-20)33-27(18-6-2-1-3-7-18)25-26(28(33)19-10-14-21(32)15-11-19)30(35)24-9-5-4-8-23(24)29(25)34/h1-17H. The summed E-state index contributed by atoms with van der Waals surface area (Å²) in [7, 11) is 0. The molecule has 1 aromatic heterocycles. The van der Waals surface area contributed by atoms with E-state index in [1.807, 2.05) is 71.3 Å². The van der Waals surface area contributed by atoms with Crippen LogP contribution >= 0.6 is 27.5 Å². The summed E-state index contributed by atoms with van der Waals surface area (Å²) in [5, 5.41) is 0.598. The number of hydrogen-bond acceptors (Lipinski definition) is 2. The molecule has 1 aliphatic carbocycles. The molecular formula is C30H17BrClNO2. The predicted molar refractivity (Wildman–Crippen MR) is 143 cm³/mol. The van der Waals surface area contributed by atoms with Crippen LogP contribution in [-0.2, 0) is 0 Å². The van der Waals surface area contributed by atoms with Crippen LogP contribution in [0.5, 0.6) is 0 Å². The Hall–Kier alpha value is -3.73. The van der Waals surface area contributed by atoms with Gasteiger partial charge in [0.25, 0.3) is 0 Å². The summed E-state index contributed by atoms with van der Waals surface area (Å²) in [6, 6.07) is 32.0. The van der Waals surface area contributed by atoms with Crippen molar-refractivity contribution in [3.05, 3.63) is 135 Å². The van der Waals surface area contributed by atoms with Crippen LogP contribution in [0.2, 0.25) is 5.02 Å². The van der Waals surface area contributed by atoms with Crippen LogP contribution in [-0.4, -0.2) is 16.1 Å². The van der Waals surface area contributed by atoms with Crippen molar-refractivity contribution in [2.45, 2.75) is 0 Å². The van der Waals surface area contributed by atoms with Crippen molar-refractivity contribution < 1.29 is 9.59 Å². The number of rotatable bonds is 3. The molecule has 0 unspecified atom stereocenters. The number of benzene rings is 4. The van der Waals surface area contributed by atoms with Gasteiger partial charge in [-0.15, -0.1) is 0 Å². The van der Waals surface area contributed by atoms with Gasteiger partial charge in [-0.05, 0) is 47.5 Å². The van der Waals surface area contributed by atoms with E-state index < -0.39 is 0 Å². The number of halogens is 2. The molecule has 35 heavy (non-hydrogen) atoms. The lowest BCUT2D eigenvalue weighted by Gasteiger charge is -2.16. The van der Waals surface area contributed by atoms with E-state index in [1.54, 1.807) is 36.4 Å². The van der Waals surface area contributed by atoms with Crippen molar-refractivity contribution in [2.24, 2.45) is 0 Å². The summed E-state index contributed by atoms with van der Waals surface area (Å²) in [6.07, 6.45) is 0. The van der Waals surface area contributed by atoms with Crippen molar-refractivity contribution in [1.82, 2.24) is 4.57 Å². The van der Waals surface area contributed by atoms with Crippen molar-refractivity contribution >= 4 is 39.1 Å². The molecule has 0 amide bonds. The Morgan fingerprint density at radius 3 is 1.60 bits per heavy atom. The highest BCUT2D eigenvalue weighted by Gasteiger charge is 2.39. The lowest BCUT2D eigenvalue weighted by Crippen LogP contribution is -2.20. The third kappa shape index (κ3) is 3.49. The minimum absolute atomic E-state index is 0.153. The van der Waals surface area contributed by atoms with Gasteiger partial charge in [-0.1, -0.05) is 94.3 Å². The fraction of sp³-hybridized carbons (Fsp3) is 0. The van der Waals surface area contributed by atoms with Gasteiger partial charge in [0.1, 0.15) is 0 Å². The molecule has 4 aromatic carbocycles. The van der Waals surface area contributed by atoms with E-state index in [2.05, 4.69) is 15.9 Å². The van der Waals surface area contributed by atoms with E-state index in [9.17, 15) is 9.59 Å². The molecule has 0 spiro atoms. The predicted octanol–water partition coefficient (Wildman–Crippen LogP) is 8.00. The molecule has 1 heterocycles. The lowest BCUT2D eigenvalue weighted by molar-refractivity contribution is 0.0981. The quantitative estimate of drug-likeness (QED) is 0.229. The summed E-state index contributed by atoms with van der Waals surface area (Å²) < 4.78 is 2.96. The molecule has 0 bridgehead atoms. The molecule has 0 saturated carbocycles. The average Bonchev–Trinajstić information content (AvgIpc) is 3.25. The van der Waals surface area contributed by atoms with Crippen LogP contribution in [0.1, 0.15) is 31.8 Å².